The van der Waals surface area contributed by atoms with Crippen LogP contribution in [-0.2, 0) is 0 Å². The average Bonchev–Trinajstić information content (AvgIpc) is 2.29. The van der Waals surface area contributed by atoms with Gasteiger partial charge < -0.3 is 4.90 Å². The normalized spacial score (nSPS) is 10.4. The van der Waals surface area contributed by atoms with E-state index in [1.54, 1.807) is 0 Å². The molecular weight excluding hydrogens is 206 g/mol. The number of hydrogen-bond acceptors (Lipinski definition) is 1. The highest BCUT2D eigenvalue weighted by atomic mass is 15.1. The van der Waals surface area contributed by atoms with Gasteiger partial charge in [0.1, 0.15) is 0 Å². The molecule has 0 saturated carbocycles. The van der Waals surface area contributed by atoms with Crippen LogP contribution in [0.15, 0.2) is 42.5 Å². The van der Waals surface area contributed by atoms with Gasteiger partial charge in [0.05, 0.1) is 0 Å². The minimum absolute atomic E-state index is 1.22. The van der Waals surface area contributed by atoms with Gasteiger partial charge in [-0.25, -0.2) is 0 Å². The van der Waals surface area contributed by atoms with Crippen LogP contribution in [0.1, 0.15) is 16.7 Å². The van der Waals surface area contributed by atoms with Crippen LogP contribution >= 0.6 is 0 Å². The molecule has 0 aliphatic rings. The van der Waals surface area contributed by atoms with Crippen molar-refractivity contribution in [1.82, 2.24) is 0 Å². The Kier molecular flexibility index (Phi) is 3.19. The van der Waals surface area contributed by atoms with Gasteiger partial charge in [0.15, 0.2) is 0 Å². The molecule has 17 heavy (non-hydrogen) atoms. The molecule has 0 aromatic heterocycles. The first-order valence-electron chi connectivity index (χ1n) is 5.95. The first kappa shape index (κ1) is 11.7. The van der Waals surface area contributed by atoms with Gasteiger partial charge in [-0.1, -0.05) is 35.4 Å². The van der Waals surface area contributed by atoms with Crippen molar-refractivity contribution in [2.75, 3.05) is 11.9 Å². The zero-order valence-electron chi connectivity index (χ0n) is 11.0. The maximum absolute atomic E-state index is 2.23. The molecule has 2 aromatic carbocycles. The number of hydrogen-bond donors (Lipinski definition) is 0. The molecule has 0 N–H and O–H groups in total. The fourth-order valence-corrected chi connectivity index (χ4v) is 2.09. The fourth-order valence-electron chi connectivity index (χ4n) is 2.09. The minimum Gasteiger partial charge on any atom is -0.344 e. The monoisotopic (exact) mass is 225 g/mol. The number of aryl methyl sites for hydroxylation is 3. The molecule has 0 atom stereocenters. The van der Waals surface area contributed by atoms with Crippen molar-refractivity contribution in [2.24, 2.45) is 0 Å². The Balaban J connectivity index is 2.36. The maximum Gasteiger partial charge on any atom is 0.0437 e. The summed E-state index contributed by atoms with van der Waals surface area (Å²) in [6, 6.07) is 15.2. The second-order valence-electron chi connectivity index (χ2n) is 4.68. The molecule has 1 nitrogen and oxygen atoms in total. The summed E-state index contributed by atoms with van der Waals surface area (Å²) < 4.78 is 0. The molecule has 0 spiro atoms. The summed E-state index contributed by atoms with van der Waals surface area (Å²) in [5.74, 6) is 0. The summed E-state index contributed by atoms with van der Waals surface area (Å²) in [4.78, 5) is 2.23. The summed E-state index contributed by atoms with van der Waals surface area (Å²) in [6.45, 7) is 6.40. The highest BCUT2D eigenvalue weighted by molar-refractivity contribution is 5.66. The van der Waals surface area contributed by atoms with Crippen molar-refractivity contribution in [3.63, 3.8) is 0 Å². The minimum atomic E-state index is 1.22. The molecule has 0 radical (unpaired) electrons. The second-order valence-corrected chi connectivity index (χ2v) is 4.68. The van der Waals surface area contributed by atoms with E-state index in [1.165, 1.54) is 28.1 Å². The number of benzene rings is 2. The zero-order valence-corrected chi connectivity index (χ0v) is 11.0. The second kappa shape index (κ2) is 4.62. The summed E-state index contributed by atoms with van der Waals surface area (Å²) >= 11 is 0. The predicted octanol–water partition coefficient (Wildman–Crippen LogP) is 4.38. The lowest BCUT2D eigenvalue weighted by molar-refractivity contribution is 1.17. The van der Waals surface area contributed by atoms with E-state index in [1.807, 2.05) is 0 Å². The standard InChI is InChI=1S/C16H19N/c1-12-5-8-15(9-6-12)17(4)16-10-7-13(2)11-14(16)3/h5-11H,1-4H3. The first-order chi connectivity index (χ1) is 8.08. The van der Waals surface area contributed by atoms with E-state index < -0.39 is 0 Å². The molecule has 0 heterocycles. The Bertz CT molecular complexity index is 512. The van der Waals surface area contributed by atoms with Crippen LogP contribution < -0.4 is 4.90 Å². The van der Waals surface area contributed by atoms with Gasteiger partial charge in [-0.2, -0.15) is 0 Å². The van der Waals surface area contributed by atoms with Gasteiger partial charge in [0.25, 0.3) is 0 Å². The Labute approximate surface area is 104 Å². The van der Waals surface area contributed by atoms with Crippen LogP contribution in [0, 0.1) is 20.8 Å². The van der Waals surface area contributed by atoms with Crippen molar-refractivity contribution < 1.29 is 0 Å². The Morgan fingerprint density at radius 3 is 1.94 bits per heavy atom. The quantitative estimate of drug-likeness (QED) is 0.733. The SMILES string of the molecule is Cc1ccc(N(C)c2ccc(C)cc2C)cc1. The van der Waals surface area contributed by atoms with Gasteiger partial charge >= 0.3 is 0 Å². The van der Waals surface area contributed by atoms with Gasteiger partial charge in [-0.05, 0) is 44.5 Å². The number of nitrogens with zero attached hydrogens (tertiary/aromatic N) is 1. The van der Waals surface area contributed by atoms with E-state index in [9.17, 15) is 0 Å². The van der Waals surface area contributed by atoms with E-state index in [2.05, 4.69) is 75.2 Å². The van der Waals surface area contributed by atoms with E-state index >= 15 is 0 Å². The number of anilines is 2. The maximum atomic E-state index is 2.23. The Morgan fingerprint density at radius 1 is 0.765 bits per heavy atom. The molecular formula is C16H19N. The van der Waals surface area contributed by atoms with Crippen LogP contribution in [0.25, 0.3) is 0 Å². The smallest absolute Gasteiger partial charge is 0.0437 e. The lowest BCUT2D eigenvalue weighted by Crippen LogP contribution is -2.10. The molecule has 2 rings (SSSR count). The van der Waals surface area contributed by atoms with Crippen molar-refractivity contribution >= 4 is 11.4 Å². The molecule has 0 amide bonds. The topological polar surface area (TPSA) is 3.24 Å². The molecule has 0 unspecified atom stereocenters. The highest BCUT2D eigenvalue weighted by Crippen LogP contribution is 2.27. The molecule has 0 aliphatic carbocycles. The van der Waals surface area contributed by atoms with Crippen molar-refractivity contribution in [3.8, 4) is 0 Å². The van der Waals surface area contributed by atoms with E-state index in [0.717, 1.165) is 0 Å². The third-order valence-corrected chi connectivity index (χ3v) is 3.13. The average molecular weight is 225 g/mol. The van der Waals surface area contributed by atoms with Crippen LogP contribution in [0.2, 0.25) is 0 Å². The van der Waals surface area contributed by atoms with Crippen molar-refractivity contribution in [3.05, 3.63) is 59.2 Å². The summed E-state index contributed by atoms with van der Waals surface area (Å²) in [7, 11) is 2.11. The van der Waals surface area contributed by atoms with E-state index in [0.29, 0.717) is 0 Å². The number of rotatable bonds is 2. The third kappa shape index (κ3) is 2.50. The van der Waals surface area contributed by atoms with Crippen LogP contribution in [-0.4, -0.2) is 7.05 Å². The lowest BCUT2D eigenvalue weighted by Gasteiger charge is -2.22. The summed E-state index contributed by atoms with van der Waals surface area (Å²) in [6.07, 6.45) is 0. The fraction of sp³-hybridized carbons (Fsp3) is 0.250. The molecule has 0 bridgehead atoms. The van der Waals surface area contributed by atoms with E-state index in [-0.39, 0.29) is 0 Å². The first-order valence-corrected chi connectivity index (χ1v) is 5.95. The molecule has 0 saturated heterocycles. The molecule has 0 fully saturated rings. The van der Waals surface area contributed by atoms with Crippen LogP contribution in [0.3, 0.4) is 0 Å². The molecule has 2 aromatic rings. The van der Waals surface area contributed by atoms with Gasteiger partial charge in [0, 0.05) is 18.4 Å². The predicted molar refractivity (Wildman–Crippen MR) is 75.2 cm³/mol. The zero-order chi connectivity index (χ0) is 12.4. The molecule has 88 valence electrons. The molecule has 1 heteroatoms. The molecule has 0 aliphatic heterocycles. The van der Waals surface area contributed by atoms with Gasteiger partial charge in [-0.15, -0.1) is 0 Å². The van der Waals surface area contributed by atoms with E-state index in [4.69, 9.17) is 0 Å². The highest BCUT2D eigenvalue weighted by Gasteiger charge is 2.06. The third-order valence-electron chi connectivity index (χ3n) is 3.13. The van der Waals surface area contributed by atoms with Crippen LogP contribution in [0.5, 0.6) is 0 Å². The van der Waals surface area contributed by atoms with Gasteiger partial charge in [-0.3, -0.25) is 0 Å². The van der Waals surface area contributed by atoms with Crippen LogP contribution in [0.4, 0.5) is 11.4 Å². The summed E-state index contributed by atoms with van der Waals surface area (Å²) in [5, 5.41) is 0. The largest absolute Gasteiger partial charge is 0.344 e. The lowest BCUT2D eigenvalue weighted by atomic mass is 10.1. The van der Waals surface area contributed by atoms with Crippen molar-refractivity contribution in [1.29, 1.82) is 0 Å². The Morgan fingerprint density at radius 2 is 1.35 bits per heavy atom. The Hall–Kier alpha value is -1.76. The van der Waals surface area contributed by atoms with Gasteiger partial charge in [0.2, 0.25) is 0 Å². The van der Waals surface area contributed by atoms with Crippen molar-refractivity contribution in [2.45, 2.75) is 20.8 Å². The summed E-state index contributed by atoms with van der Waals surface area (Å²) in [5.41, 5.74) is 6.40.